The van der Waals surface area contributed by atoms with Gasteiger partial charge in [0.15, 0.2) is 5.11 Å². The maximum absolute atomic E-state index is 13.3. The minimum Gasteiger partial charge on any atom is -0.480 e. The van der Waals surface area contributed by atoms with E-state index in [1.807, 2.05) is 42.5 Å². The fourth-order valence-corrected chi connectivity index (χ4v) is 4.35. The SMILES string of the molecule is CC(C)[C@@H](C(=O)O)N1Cc2ccc(-c3ccc(NC(=S)Nc4cccc(F)c4)cc3)cc2C1=O. The summed E-state index contributed by atoms with van der Waals surface area (Å²) >= 11 is 5.29. The molecule has 1 aliphatic heterocycles. The van der Waals surface area contributed by atoms with Crippen LogP contribution >= 0.6 is 12.2 Å². The molecule has 4 rings (SSSR count). The number of amides is 1. The fourth-order valence-electron chi connectivity index (χ4n) is 4.11. The number of carbonyl (C=O) groups is 2. The lowest BCUT2D eigenvalue weighted by Gasteiger charge is -2.27. The molecule has 0 aromatic heterocycles. The van der Waals surface area contributed by atoms with E-state index in [4.69, 9.17) is 12.2 Å². The number of benzene rings is 3. The topological polar surface area (TPSA) is 81.7 Å². The molecular formula is C26H24FN3O3S. The van der Waals surface area contributed by atoms with Gasteiger partial charge in [-0.3, -0.25) is 4.79 Å². The number of halogens is 1. The molecule has 0 spiro atoms. The van der Waals surface area contributed by atoms with Crippen molar-refractivity contribution in [1.82, 2.24) is 4.90 Å². The minimum absolute atomic E-state index is 0.197. The molecule has 6 nitrogen and oxygen atoms in total. The largest absolute Gasteiger partial charge is 0.480 e. The van der Waals surface area contributed by atoms with Gasteiger partial charge in [-0.15, -0.1) is 0 Å². The van der Waals surface area contributed by atoms with E-state index in [0.29, 0.717) is 22.9 Å². The molecule has 0 unspecified atom stereocenters. The van der Waals surface area contributed by atoms with Gasteiger partial charge in [-0.2, -0.15) is 0 Å². The van der Waals surface area contributed by atoms with Crippen LogP contribution < -0.4 is 10.6 Å². The lowest BCUT2D eigenvalue weighted by molar-refractivity contribution is -0.144. The standard InChI is InChI=1S/C26H24FN3O3S/c1-15(2)23(25(32)33)30-14-18-7-6-17(12-22(18)24(30)31)16-8-10-20(11-9-16)28-26(34)29-21-5-3-4-19(27)13-21/h3-13,15,23H,14H2,1-2H3,(H,32,33)(H2,28,29,34)/t23-/m0/s1. The molecule has 0 saturated heterocycles. The first kappa shape index (κ1) is 23.4. The van der Waals surface area contributed by atoms with E-state index in [0.717, 1.165) is 22.4 Å². The van der Waals surface area contributed by atoms with Crippen LogP contribution in [0.2, 0.25) is 0 Å². The average Bonchev–Trinajstić information content (AvgIpc) is 3.09. The molecule has 8 heteroatoms. The zero-order chi connectivity index (χ0) is 24.4. The highest BCUT2D eigenvalue weighted by Gasteiger charge is 2.38. The number of thiocarbonyl (C=S) groups is 1. The van der Waals surface area contributed by atoms with Crippen LogP contribution in [0.3, 0.4) is 0 Å². The lowest BCUT2D eigenvalue weighted by atomic mass is 10.00. The molecule has 0 fully saturated rings. The second-order valence-electron chi connectivity index (χ2n) is 8.50. The summed E-state index contributed by atoms with van der Waals surface area (Å²) in [5, 5.41) is 15.9. The van der Waals surface area contributed by atoms with E-state index >= 15 is 0 Å². The summed E-state index contributed by atoms with van der Waals surface area (Å²) in [5.41, 5.74) is 4.43. The van der Waals surface area contributed by atoms with E-state index in [1.54, 1.807) is 26.0 Å². The van der Waals surface area contributed by atoms with Gasteiger partial charge in [0, 0.05) is 23.5 Å². The Labute approximate surface area is 202 Å². The summed E-state index contributed by atoms with van der Waals surface area (Å²) in [7, 11) is 0. The van der Waals surface area contributed by atoms with Crippen LogP contribution in [-0.2, 0) is 11.3 Å². The Balaban J connectivity index is 1.47. The van der Waals surface area contributed by atoms with Crippen molar-refractivity contribution < 1.29 is 19.1 Å². The van der Waals surface area contributed by atoms with Crippen molar-refractivity contribution >= 4 is 40.6 Å². The lowest BCUT2D eigenvalue weighted by Crippen LogP contribution is -2.44. The van der Waals surface area contributed by atoms with Gasteiger partial charge in [0.2, 0.25) is 0 Å². The van der Waals surface area contributed by atoms with E-state index in [1.165, 1.54) is 17.0 Å². The molecule has 0 radical (unpaired) electrons. The van der Waals surface area contributed by atoms with Gasteiger partial charge in [0.05, 0.1) is 0 Å². The second kappa shape index (κ2) is 9.61. The Morgan fingerprint density at radius 3 is 2.32 bits per heavy atom. The molecule has 1 amide bonds. The third kappa shape index (κ3) is 4.92. The minimum atomic E-state index is -0.996. The number of carboxylic acids is 1. The Hall–Kier alpha value is -3.78. The van der Waals surface area contributed by atoms with Crippen LogP contribution in [-0.4, -0.2) is 33.0 Å². The van der Waals surface area contributed by atoms with Gasteiger partial charge in [-0.25, -0.2) is 9.18 Å². The molecule has 174 valence electrons. The van der Waals surface area contributed by atoms with Crippen molar-refractivity contribution in [3.8, 4) is 11.1 Å². The summed E-state index contributed by atoms with van der Waals surface area (Å²) in [5.74, 6) is -1.80. The fraction of sp³-hybridized carbons (Fsp3) is 0.192. The summed E-state index contributed by atoms with van der Waals surface area (Å²) in [6.45, 7) is 3.90. The number of hydrogen-bond donors (Lipinski definition) is 3. The maximum atomic E-state index is 13.3. The number of nitrogens with one attached hydrogen (secondary N) is 2. The first-order chi connectivity index (χ1) is 16.2. The Morgan fingerprint density at radius 2 is 1.68 bits per heavy atom. The van der Waals surface area contributed by atoms with E-state index < -0.39 is 12.0 Å². The van der Waals surface area contributed by atoms with Crippen LogP contribution in [0, 0.1) is 11.7 Å². The Kier molecular flexibility index (Phi) is 6.61. The Morgan fingerprint density at radius 1 is 1.00 bits per heavy atom. The summed E-state index contributed by atoms with van der Waals surface area (Å²) in [6.07, 6.45) is 0. The third-order valence-electron chi connectivity index (χ3n) is 5.72. The van der Waals surface area contributed by atoms with Crippen LogP contribution in [0.1, 0.15) is 29.8 Å². The van der Waals surface area contributed by atoms with Crippen LogP contribution in [0.4, 0.5) is 15.8 Å². The highest BCUT2D eigenvalue weighted by molar-refractivity contribution is 7.80. The zero-order valence-electron chi connectivity index (χ0n) is 18.7. The van der Waals surface area contributed by atoms with Gasteiger partial charge in [-0.1, -0.05) is 44.2 Å². The van der Waals surface area contributed by atoms with Gasteiger partial charge < -0.3 is 20.6 Å². The van der Waals surface area contributed by atoms with Gasteiger partial charge >= 0.3 is 5.97 Å². The molecule has 0 saturated carbocycles. The van der Waals surface area contributed by atoms with Crippen molar-refractivity contribution in [3.63, 3.8) is 0 Å². The quantitative estimate of drug-likeness (QED) is 0.415. The third-order valence-corrected chi connectivity index (χ3v) is 5.92. The predicted octanol–water partition coefficient (Wildman–Crippen LogP) is 5.37. The van der Waals surface area contributed by atoms with Gasteiger partial charge in [-0.05, 0) is 71.2 Å². The number of hydrogen-bond acceptors (Lipinski definition) is 3. The van der Waals surface area contributed by atoms with Gasteiger partial charge in [0.25, 0.3) is 5.91 Å². The summed E-state index contributed by atoms with van der Waals surface area (Å²) in [4.78, 5) is 26.1. The normalized spacial score (nSPS) is 13.5. The molecular weight excluding hydrogens is 453 g/mol. The monoisotopic (exact) mass is 477 g/mol. The smallest absolute Gasteiger partial charge is 0.326 e. The van der Waals surface area contributed by atoms with E-state index in [2.05, 4.69) is 10.6 Å². The maximum Gasteiger partial charge on any atom is 0.326 e. The molecule has 0 bridgehead atoms. The van der Waals surface area contributed by atoms with Crippen molar-refractivity contribution in [1.29, 1.82) is 0 Å². The molecule has 3 aromatic carbocycles. The van der Waals surface area contributed by atoms with Crippen LogP contribution in [0.25, 0.3) is 11.1 Å². The second-order valence-corrected chi connectivity index (χ2v) is 8.91. The van der Waals surface area contributed by atoms with Crippen LogP contribution in [0.5, 0.6) is 0 Å². The molecule has 3 N–H and O–H groups in total. The Bertz CT molecular complexity index is 1260. The first-order valence-electron chi connectivity index (χ1n) is 10.8. The van der Waals surface area contributed by atoms with Crippen molar-refractivity contribution in [3.05, 3.63) is 83.7 Å². The number of rotatable bonds is 6. The van der Waals surface area contributed by atoms with Crippen LogP contribution in [0.15, 0.2) is 66.7 Å². The van der Waals surface area contributed by atoms with E-state index in [9.17, 15) is 19.1 Å². The molecule has 1 aliphatic rings. The van der Waals surface area contributed by atoms with Crippen molar-refractivity contribution in [2.24, 2.45) is 5.92 Å². The predicted molar refractivity (Wildman–Crippen MR) is 134 cm³/mol. The number of anilines is 2. The highest BCUT2D eigenvalue weighted by Crippen LogP contribution is 2.31. The molecule has 1 heterocycles. The zero-order valence-corrected chi connectivity index (χ0v) is 19.5. The summed E-state index contributed by atoms with van der Waals surface area (Å²) < 4.78 is 13.3. The van der Waals surface area contributed by atoms with Crippen molar-refractivity contribution in [2.75, 3.05) is 10.6 Å². The molecule has 0 aliphatic carbocycles. The number of carboxylic acid groups (broad SMARTS) is 1. The highest BCUT2D eigenvalue weighted by atomic mass is 32.1. The average molecular weight is 478 g/mol. The first-order valence-corrected chi connectivity index (χ1v) is 11.2. The molecule has 3 aromatic rings. The van der Waals surface area contributed by atoms with Crippen molar-refractivity contribution in [2.45, 2.75) is 26.4 Å². The number of aliphatic carboxylic acids is 1. The number of nitrogens with zero attached hydrogens (tertiary/aromatic N) is 1. The number of carbonyl (C=O) groups excluding carboxylic acids is 1. The summed E-state index contributed by atoms with van der Waals surface area (Å²) in [6, 6.07) is 18.3. The molecule has 34 heavy (non-hydrogen) atoms. The molecule has 1 atom stereocenters. The van der Waals surface area contributed by atoms with E-state index in [-0.39, 0.29) is 17.6 Å². The van der Waals surface area contributed by atoms with Gasteiger partial charge in [0.1, 0.15) is 11.9 Å². The number of fused-ring (bicyclic) bond motifs is 1.